The first-order valence-corrected chi connectivity index (χ1v) is 13.6. The fraction of sp³-hybridized carbons (Fsp3) is 0.552. The topological polar surface area (TPSA) is 90.9 Å². The Labute approximate surface area is 210 Å². The van der Waals surface area contributed by atoms with Gasteiger partial charge in [0.2, 0.25) is 0 Å². The molecule has 3 fully saturated rings. The number of aromatic hydroxyl groups is 2. The average molecular weight is 490 g/mol. The number of nitrogens with zero attached hydrogens (tertiary/aromatic N) is 3. The number of hydrogen-bond acceptors (Lipinski definition) is 5. The van der Waals surface area contributed by atoms with Crippen LogP contribution in [0.15, 0.2) is 41.2 Å². The normalized spacial score (nSPS) is 31.8. The number of likely N-dealkylation sites (tertiary alicyclic amines) is 1. The highest BCUT2D eigenvalue weighted by molar-refractivity contribution is 5.78. The van der Waals surface area contributed by atoms with Crippen LogP contribution in [0.25, 0.3) is 10.9 Å². The summed E-state index contributed by atoms with van der Waals surface area (Å²) in [5, 5.41) is 33.5. The first kappa shape index (κ1) is 22.4. The Morgan fingerprint density at radius 1 is 0.889 bits per heavy atom. The second-order valence-corrected chi connectivity index (χ2v) is 11.8. The molecule has 4 aliphatic rings. The van der Waals surface area contributed by atoms with Crippen molar-refractivity contribution in [2.45, 2.75) is 63.1 Å². The van der Waals surface area contributed by atoms with Gasteiger partial charge in [0.15, 0.2) is 11.8 Å². The molecule has 7 heteroatoms. The first-order chi connectivity index (χ1) is 17.4. The van der Waals surface area contributed by atoms with Gasteiger partial charge in [0.05, 0.1) is 11.6 Å². The molecule has 0 amide bonds. The Kier molecular flexibility index (Phi) is 5.06. The molecule has 36 heavy (non-hydrogen) atoms. The number of pyridine rings is 1. The Morgan fingerprint density at radius 3 is 2.36 bits per heavy atom. The number of piperidine rings is 1. The molecular weight excluding hydrogens is 454 g/mol. The van der Waals surface area contributed by atoms with Crippen LogP contribution in [0.5, 0.6) is 11.8 Å². The summed E-state index contributed by atoms with van der Waals surface area (Å²) in [4.78, 5) is 15.2. The first-order valence-electron chi connectivity index (χ1n) is 13.6. The number of rotatable bonds is 5. The van der Waals surface area contributed by atoms with Crippen molar-refractivity contribution in [3.63, 3.8) is 0 Å². The van der Waals surface area contributed by atoms with Crippen LogP contribution in [0.4, 0.5) is 0 Å². The molecule has 1 aliphatic heterocycles. The van der Waals surface area contributed by atoms with Crippen molar-refractivity contribution in [1.82, 2.24) is 14.0 Å². The second-order valence-electron chi connectivity index (χ2n) is 11.8. The third kappa shape index (κ3) is 3.28. The second kappa shape index (κ2) is 8.12. The summed E-state index contributed by atoms with van der Waals surface area (Å²) < 4.78 is 3.70. The molecule has 7 rings (SSSR count). The van der Waals surface area contributed by atoms with Crippen LogP contribution in [0, 0.1) is 17.8 Å². The van der Waals surface area contributed by atoms with Crippen LogP contribution < -0.4 is 5.56 Å². The third-order valence-corrected chi connectivity index (χ3v) is 9.86. The molecular formula is C29H35N3O4. The zero-order valence-corrected chi connectivity index (χ0v) is 20.8. The van der Waals surface area contributed by atoms with Crippen molar-refractivity contribution >= 4 is 10.9 Å². The van der Waals surface area contributed by atoms with Crippen LogP contribution in [0.1, 0.15) is 61.6 Å². The molecule has 0 radical (unpaired) electrons. The van der Waals surface area contributed by atoms with E-state index in [1.807, 2.05) is 35.8 Å². The van der Waals surface area contributed by atoms with Gasteiger partial charge in [-0.05, 0) is 66.9 Å². The minimum Gasteiger partial charge on any atom is -0.494 e. The van der Waals surface area contributed by atoms with Crippen LogP contribution in [0.3, 0.4) is 0 Å². The van der Waals surface area contributed by atoms with Gasteiger partial charge in [-0.2, -0.15) is 0 Å². The van der Waals surface area contributed by atoms with E-state index < -0.39 is 6.10 Å². The summed E-state index contributed by atoms with van der Waals surface area (Å²) in [6.45, 7) is 5.68. The molecule has 2 bridgehead atoms. The van der Waals surface area contributed by atoms with Crippen LogP contribution in [0.2, 0.25) is 0 Å². The van der Waals surface area contributed by atoms with Gasteiger partial charge in [0.25, 0.3) is 5.56 Å². The molecule has 1 saturated heterocycles. The molecule has 2 saturated carbocycles. The van der Waals surface area contributed by atoms with Crippen molar-refractivity contribution < 1.29 is 15.3 Å². The van der Waals surface area contributed by atoms with Crippen molar-refractivity contribution in [2.24, 2.45) is 17.8 Å². The maximum atomic E-state index is 12.7. The lowest BCUT2D eigenvalue weighted by atomic mass is 9.84. The number of benzene rings is 1. The number of hydrogen-bond donors (Lipinski definition) is 3. The summed E-state index contributed by atoms with van der Waals surface area (Å²) >= 11 is 0. The summed E-state index contributed by atoms with van der Waals surface area (Å²) in [6, 6.07) is 12.0. The summed E-state index contributed by atoms with van der Waals surface area (Å²) in [6.07, 6.45) is 3.46. The van der Waals surface area contributed by atoms with Gasteiger partial charge in [0, 0.05) is 55.3 Å². The van der Waals surface area contributed by atoms with E-state index >= 15 is 0 Å². The molecule has 3 aliphatic carbocycles. The number of aliphatic hydroxyl groups excluding tert-OH is 1. The highest BCUT2D eigenvalue weighted by Gasteiger charge is 2.53. The maximum absolute atomic E-state index is 12.7. The molecule has 3 heterocycles. The Morgan fingerprint density at radius 2 is 1.58 bits per heavy atom. The predicted molar refractivity (Wildman–Crippen MR) is 138 cm³/mol. The van der Waals surface area contributed by atoms with Crippen molar-refractivity contribution in [3.8, 4) is 11.8 Å². The largest absolute Gasteiger partial charge is 0.494 e. The highest BCUT2D eigenvalue weighted by Crippen LogP contribution is 2.62. The van der Waals surface area contributed by atoms with Gasteiger partial charge in [-0.25, -0.2) is 0 Å². The van der Waals surface area contributed by atoms with Gasteiger partial charge in [-0.1, -0.05) is 25.1 Å². The van der Waals surface area contributed by atoms with Crippen LogP contribution in [-0.4, -0.2) is 55.1 Å². The van der Waals surface area contributed by atoms with E-state index in [0.717, 1.165) is 67.3 Å². The van der Waals surface area contributed by atoms with Gasteiger partial charge in [-0.3, -0.25) is 9.36 Å². The predicted octanol–water partition coefficient (Wildman–Crippen LogP) is 3.77. The van der Waals surface area contributed by atoms with E-state index in [2.05, 4.69) is 11.0 Å². The van der Waals surface area contributed by atoms with Gasteiger partial charge in [-0.15, -0.1) is 0 Å². The van der Waals surface area contributed by atoms with Gasteiger partial charge >= 0.3 is 0 Å². The molecule has 2 aromatic heterocycles. The van der Waals surface area contributed by atoms with E-state index in [-0.39, 0.29) is 41.1 Å². The van der Waals surface area contributed by atoms with E-state index in [9.17, 15) is 20.1 Å². The molecule has 4 unspecified atom stereocenters. The lowest BCUT2D eigenvalue weighted by molar-refractivity contribution is 0.114. The SMILES string of the molecule is CC1C2CC(c3c2c(O)n(C[C@H]2C[C@@H]2CN2CCC(n4c(=O)ccc5ccccc54)CC2)c3O)C1O. The highest BCUT2D eigenvalue weighted by atomic mass is 16.3. The molecule has 3 N–H and O–H groups in total. The Hall–Kier alpha value is -2.77. The minimum absolute atomic E-state index is 0.0438. The standard InChI is InChI=1S/C29H35N3O4/c1-16-21-13-22(27(16)34)26-25(21)28(35)31(29(26)36)15-19-12-18(19)14-30-10-8-20(9-11-30)32-23-5-3-2-4-17(23)6-7-24(32)33/h2-7,16,18-22,27,34-36H,8-15H2,1H3/t16?,18-,19-,21?,22?,27?/m1/s1. The quantitative estimate of drug-likeness (QED) is 0.508. The van der Waals surface area contributed by atoms with Crippen molar-refractivity contribution in [3.05, 3.63) is 57.9 Å². The van der Waals surface area contributed by atoms with E-state index in [1.165, 1.54) is 0 Å². The number of aliphatic hydroxyl groups is 1. The van der Waals surface area contributed by atoms with Crippen molar-refractivity contribution in [1.29, 1.82) is 0 Å². The summed E-state index contributed by atoms with van der Waals surface area (Å²) in [7, 11) is 0. The fourth-order valence-corrected chi connectivity index (χ4v) is 7.71. The molecule has 1 aromatic carbocycles. The molecule has 3 aromatic rings. The fourth-order valence-electron chi connectivity index (χ4n) is 7.71. The summed E-state index contributed by atoms with van der Waals surface area (Å²) in [5.74, 6) is 1.65. The Balaban J connectivity index is 0.989. The number of aromatic nitrogens is 2. The lowest BCUT2D eigenvalue weighted by Crippen LogP contribution is -2.38. The van der Waals surface area contributed by atoms with E-state index in [0.29, 0.717) is 18.4 Å². The van der Waals surface area contributed by atoms with Crippen LogP contribution >= 0.6 is 0 Å². The average Bonchev–Trinajstić information content (AvgIpc) is 3.28. The maximum Gasteiger partial charge on any atom is 0.251 e. The molecule has 190 valence electrons. The van der Waals surface area contributed by atoms with Crippen LogP contribution in [-0.2, 0) is 6.54 Å². The number of para-hydroxylation sites is 1. The molecule has 7 nitrogen and oxygen atoms in total. The minimum atomic E-state index is -0.426. The zero-order valence-electron chi connectivity index (χ0n) is 20.8. The molecule has 6 atom stereocenters. The molecule has 0 spiro atoms. The van der Waals surface area contributed by atoms with E-state index in [4.69, 9.17) is 0 Å². The number of fused-ring (bicyclic) bond motifs is 6. The Bertz CT molecular complexity index is 1350. The lowest BCUT2D eigenvalue weighted by Gasteiger charge is -2.33. The van der Waals surface area contributed by atoms with Gasteiger partial charge in [0.1, 0.15) is 0 Å². The van der Waals surface area contributed by atoms with Crippen molar-refractivity contribution in [2.75, 3.05) is 19.6 Å². The summed E-state index contributed by atoms with van der Waals surface area (Å²) in [5.41, 5.74) is 2.80. The monoisotopic (exact) mass is 489 g/mol. The van der Waals surface area contributed by atoms with Gasteiger partial charge < -0.3 is 24.8 Å². The van der Waals surface area contributed by atoms with E-state index in [1.54, 1.807) is 10.6 Å². The third-order valence-electron chi connectivity index (χ3n) is 9.86. The zero-order chi connectivity index (χ0) is 24.7. The smallest absolute Gasteiger partial charge is 0.251 e.